The van der Waals surface area contributed by atoms with Crippen LogP contribution in [0.25, 0.3) is 0 Å². The third kappa shape index (κ3) is 3.74. The summed E-state index contributed by atoms with van der Waals surface area (Å²) in [6.07, 6.45) is -0.671. The molecule has 0 saturated heterocycles. The summed E-state index contributed by atoms with van der Waals surface area (Å²) < 4.78 is 5.28. The molecule has 0 fully saturated rings. The van der Waals surface area contributed by atoms with Crippen molar-refractivity contribution in [1.82, 2.24) is 0 Å². The summed E-state index contributed by atoms with van der Waals surface area (Å²) in [6, 6.07) is 14.9. The fraction of sp³-hybridized carbons (Fsp3) is 0.235. The number of aryl methyl sites for hydroxylation is 1. The third-order valence-electron chi connectivity index (χ3n) is 3.26. The minimum Gasteiger partial charge on any atom is -0.496 e. The van der Waals surface area contributed by atoms with Gasteiger partial charge in [0.2, 0.25) is 0 Å². The molecule has 0 aromatic heterocycles. The van der Waals surface area contributed by atoms with E-state index in [2.05, 4.69) is 11.4 Å². The van der Waals surface area contributed by atoms with Crippen molar-refractivity contribution in [3.05, 3.63) is 59.2 Å². The molecule has 0 aliphatic carbocycles. The van der Waals surface area contributed by atoms with E-state index in [0.717, 1.165) is 16.8 Å². The van der Waals surface area contributed by atoms with E-state index in [1.807, 2.05) is 37.3 Å². The highest BCUT2D eigenvalue weighted by Crippen LogP contribution is 2.26. The second-order valence-electron chi connectivity index (χ2n) is 4.83. The Labute approximate surface area is 124 Å². The van der Waals surface area contributed by atoms with Gasteiger partial charge < -0.3 is 15.2 Å². The lowest BCUT2D eigenvalue weighted by Crippen LogP contribution is -2.13. The second kappa shape index (κ2) is 6.78. The number of hydrogen-bond donors (Lipinski definition) is 2. The van der Waals surface area contributed by atoms with Gasteiger partial charge in [-0.15, -0.1) is 0 Å². The molecule has 2 rings (SSSR count). The first-order valence-corrected chi connectivity index (χ1v) is 6.70. The maximum atomic E-state index is 10.3. The van der Waals surface area contributed by atoms with E-state index in [9.17, 15) is 5.11 Å². The van der Waals surface area contributed by atoms with Crippen LogP contribution in [0.4, 0.5) is 5.69 Å². The molecule has 0 amide bonds. The van der Waals surface area contributed by atoms with Gasteiger partial charge in [0.1, 0.15) is 5.75 Å². The van der Waals surface area contributed by atoms with Gasteiger partial charge in [-0.1, -0.05) is 11.6 Å². The van der Waals surface area contributed by atoms with E-state index in [0.29, 0.717) is 17.9 Å². The van der Waals surface area contributed by atoms with Crippen LogP contribution in [0.15, 0.2) is 42.5 Å². The summed E-state index contributed by atoms with van der Waals surface area (Å²) in [5.74, 6) is 0.676. The Morgan fingerprint density at radius 3 is 2.57 bits per heavy atom. The van der Waals surface area contributed by atoms with Crippen LogP contribution in [-0.2, 0) is 0 Å². The standard InChI is InChI=1S/C17H18N2O2/c1-12-3-8-17(21-2)15(9-12)16(20)11-19-14-6-4-13(10-18)5-7-14/h3-9,16,19-20H,11H2,1-2H3. The van der Waals surface area contributed by atoms with Crippen molar-refractivity contribution in [3.63, 3.8) is 0 Å². The van der Waals surface area contributed by atoms with Gasteiger partial charge in [-0.3, -0.25) is 0 Å². The molecule has 2 aromatic rings. The predicted molar refractivity (Wildman–Crippen MR) is 82.3 cm³/mol. The Morgan fingerprint density at radius 2 is 1.95 bits per heavy atom. The van der Waals surface area contributed by atoms with E-state index < -0.39 is 6.10 Å². The molecule has 0 aliphatic heterocycles. The number of nitrogens with one attached hydrogen (secondary N) is 1. The highest BCUT2D eigenvalue weighted by Gasteiger charge is 2.13. The predicted octanol–water partition coefficient (Wildman–Crippen LogP) is 3.02. The van der Waals surface area contributed by atoms with E-state index >= 15 is 0 Å². The number of nitrogens with zero attached hydrogens (tertiary/aromatic N) is 1. The van der Waals surface area contributed by atoms with Gasteiger partial charge in [0.25, 0.3) is 0 Å². The summed E-state index contributed by atoms with van der Waals surface area (Å²) in [5.41, 5.74) is 3.31. The van der Waals surface area contributed by atoms with Gasteiger partial charge in [0.05, 0.1) is 24.8 Å². The van der Waals surface area contributed by atoms with Gasteiger partial charge in [0.15, 0.2) is 0 Å². The topological polar surface area (TPSA) is 65.3 Å². The fourth-order valence-corrected chi connectivity index (χ4v) is 2.10. The van der Waals surface area contributed by atoms with E-state index in [1.165, 1.54) is 0 Å². The molecule has 0 aliphatic rings. The number of rotatable bonds is 5. The van der Waals surface area contributed by atoms with Gasteiger partial charge in [-0.05, 0) is 43.3 Å². The molecule has 0 spiro atoms. The van der Waals surface area contributed by atoms with Crippen LogP contribution in [0.3, 0.4) is 0 Å². The number of aliphatic hydroxyl groups is 1. The largest absolute Gasteiger partial charge is 0.496 e. The number of aliphatic hydroxyl groups excluding tert-OH is 1. The Bertz CT molecular complexity index is 645. The van der Waals surface area contributed by atoms with Crippen LogP contribution in [-0.4, -0.2) is 18.8 Å². The number of methoxy groups -OCH3 is 1. The molecule has 0 saturated carbocycles. The molecular weight excluding hydrogens is 264 g/mol. The van der Waals surface area contributed by atoms with Crippen LogP contribution in [0.2, 0.25) is 0 Å². The Kier molecular flexibility index (Phi) is 4.81. The Hall–Kier alpha value is -2.51. The van der Waals surface area contributed by atoms with Gasteiger partial charge in [0, 0.05) is 17.8 Å². The number of benzene rings is 2. The van der Waals surface area contributed by atoms with Crippen LogP contribution in [0, 0.1) is 18.3 Å². The van der Waals surface area contributed by atoms with Crippen LogP contribution >= 0.6 is 0 Å². The number of anilines is 1. The second-order valence-corrected chi connectivity index (χ2v) is 4.83. The van der Waals surface area contributed by atoms with Crippen molar-refractivity contribution in [2.75, 3.05) is 19.0 Å². The minimum atomic E-state index is -0.671. The van der Waals surface area contributed by atoms with Crippen molar-refractivity contribution >= 4 is 5.69 Å². The highest BCUT2D eigenvalue weighted by atomic mass is 16.5. The Morgan fingerprint density at radius 1 is 1.24 bits per heavy atom. The van der Waals surface area contributed by atoms with Crippen molar-refractivity contribution in [2.24, 2.45) is 0 Å². The fourth-order valence-electron chi connectivity index (χ4n) is 2.10. The molecule has 0 heterocycles. The summed E-state index contributed by atoms with van der Waals surface area (Å²) in [6.45, 7) is 2.34. The molecule has 4 heteroatoms. The van der Waals surface area contributed by atoms with E-state index in [1.54, 1.807) is 19.2 Å². The summed E-state index contributed by atoms with van der Waals surface area (Å²) in [4.78, 5) is 0. The summed E-state index contributed by atoms with van der Waals surface area (Å²) in [7, 11) is 1.59. The first-order valence-electron chi connectivity index (χ1n) is 6.70. The zero-order valence-electron chi connectivity index (χ0n) is 12.1. The lowest BCUT2D eigenvalue weighted by Gasteiger charge is -2.17. The summed E-state index contributed by atoms with van der Waals surface area (Å²) >= 11 is 0. The van der Waals surface area contributed by atoms with Crippen LogP contribution in [0.5, 0.6) is 5.75 Å². The number of ether oxygens (including phenoxy) is 1. The smallest absolute Gasteiger partial charge is 0.124 e. The monoisotopic (exact) mass is 282 g/mol. The molecule has 1 atom stereocenters. The number of nitriles is 1. The van der Waals surface area contributed by atoms with Crippen molar-refractivity contribution < 1.29 is 9.84 Å². The van der Waals surface area contributed by atoms with Crippen LogP contribution < -0.4 is 10.1 Å². The Balaban J connectivity index is 2.05. The first-order chi connectivity index (χ1) is 10.1. The molecule has 0 radical (unpaired) electrons. The molecule has 108 valence electrons. The molecule has 21 heavy (non-hydrogen) atoms. The van der Waals surface area contributed by atoms with Gasteiger partial charge in [-0.2, -0.15) is 5.26 Å². The third-order valence-corrected chi connectivity index (χ3v) is 3.26. The molecule has 2 aromatic carbocycles. The zero-order valence-corrected chi connectivity index (χ0v) is 12.1. The zero-order chi connectivity index (χ0) is 15.2. The normalized spacial score (nSPS) is 11.5. The van der Waals surface area contributed by atoms with Crippen molar-refractivity contribution in [1.29, 1.82) is 5.26 Å². The average molecular weight is 282 g/mol. The minimum absolute atomic E-state index is 0.367. The summed E-state index contributed by atoms with van der Waals surface area (Å²) in [5, 5.41) is 22.2. The lowest BCUT2D eigenvalue weighted by atomic mass is 10.0. The molecule has 2 N–H and O–H groups in total. The van der Waals surface area contributed by atoms with Crippen molar-refractivity contribution in [3.8, 4) is 11.8 Å². The first kappa shape index (κ1) is 14.9. The van der Waals surface area contributed by atoms with Crippen LogP contribution in [0.1, 0.15) is 22.8 Å². The maximum absolute atomic E-state index is 10.3. The molecule has 0 bridgehead atoms. The molecular formula is C17H18N2O2. The van der Waals surface area contributed by atoms with E-state index in [-0.39, 0.29) is 0 Å². The van der Waals surface area contributed by atoms with Gasteiger partial charge >= 0.3 is 0 Å². The van der Waals surface area contributed by atoms with Gasteiger partial charge in [-0.25, -0.2) is 0 Å². The molecule has 4 nitrogen and oxygen atoms in total. The van der Waals surface area contributed by atoms with Crippen molar-refractivity contribution in [2.45, 2.75) is 13.0 Å². The molecule has 1 unspecified atom stereocenters. The number of hydrogen-bond acceptors (Lipinski definition) is 4. The average Bonchev–Trinajstić information content (AvgIpc) is 2.53. The SMILES string of the molecule is COc1ccc(C)cc1C(O)CNc1ccc(C#N)cc1. The maximum Gasteiger partial charge on any atom is 0.124 e. The highest BCUT2D eigenvalue weighted by molar-refractivity contribution is 5.48. The quantitative estimate of drug-likeness (QED) is 0.884. The van der Waals surface area contributed by atoms with E-state index in [4.69, 9.17) is 10.00 Å². The lowest BCUT2D eigenvalue weighted by molar-refractivity contribution is 0.187.